The summed E-state index contributed by atoms with van der Waals surface area (Å²) in [4.78, 5) is 11.7. The molecule has 2 aromatic rings. The lowest BCUT2D eigenvalue weighted by atomic mass is 10.1. The zero-order valence-electron chi connectivity index (χ0n) is 11.4. The molecule has 20 heavy (non-hydrogen) atoms. The molecule has 104 valence electrons. The molecule has 2 aromatic carbocycles. The predicted octanol–water partition coefficient (Wildman–Crippen LogP) is 4.05. The molecule has 4 heteroatoms. The van der Waals surface area contributed by atoms with Crippen molar-refractivity contribution in [2.24, 2.45) is 0 Å². The van der Waals surface area contributed by atoms with Crippen molar-refractivity contribution in [3.63, 3.8) is 0 Å². The standard InChI is InChI=1S/C16H15BrO3/c1-11-6-7-15(8-12(11)2)20-16(18)10-19-14-5-3-4-13(17)9-14/h3-9H,10H2,1-2H3. The second kappa shape index (κ2) is 6.57. The lowest BCUT2D eigenvalue weighted by molar-refractivity contribution is -0.136. The Bertz CT molecular complexity index is 623. The van der Waals surface area contributed by atoms with Crippen LogP contribution in [0.4, 0.5) is 0 Å². The third-order valence-corrected chi connectivity index (χ3v) is 3.36. The predicted molar refractivity (Wildman–Crippen MR) is 81.2 cm³/mol. The number of esters is 1. The lowest BCUT2D eigenvalue weighted by Gasteiger charge is -2.08. The molecule has 0 heterocycles. The van der Waals surface area contributed by atoms with Gasteiger partial charge in [-0.1, -0.05) is 28.1 Å². The van der Waals surface area contributed by atoms with Gasteiger partial charge in [-0.3, -0.25) is 0 Å². The van der Waals surface area contributed by atoms with Gasteiger partial charge in [0.05, 0.1) is 0 Å². The van der Waals surface area contributed by atoms with Crippen LogP contribution in [0.15, 0.2) is 46.9 Å². The van der Waals surface area contributed by atoms with Crippen molar-refractivity contribution in [2.75, 3.05) is 6.61 Å². The van der Waals surface area contributed by atoms with Crippen LogP contribution in [0.2, 0.25) is 0 Å². The summed E-state index contributed by atoms with van der Waals surface area (Å²) in [6, 6.07) is 12.9. The third kappa shape index (κ3) is 4.10. The maximum atomic E-state index is 11.7. The van der Waals surface area contributed by atoms with Gasteiger partial charge in [0.25, 0.3) is 0 Å². The smallest absolute Gasteiger partial charge is 0.349 e. The first-order chi connectivity index (χ1) is 9.54. The second-order valence-corrected chi connectivity index (χ2v) is 5.38. The van der Waals surface area contributed by atoms with Crippen LogP contribution in [0, 0.1) is 13.8 Å². The highest BCUT2D eigenvalue weighted by molar-refractivity contribution is 9.10. The van der Waals surface area contributed by atoms with Crippen molar-refractivity contribution in [3.8, 4) is 11.5 Å². The van der Waals surface area contributed by atoms with Crippen molar-refractivity contribution >= 4 is 21.9 Å². The number of hydrogen-bond donors (Lipinski definition) is 0. The van der Waals surface area contributed by atoms with Gasteiger partial charge in [-0.25, -0.2) is 4.79 Å². The fourth-order valence-electron chi connectivity index (χ4n) is 1.64. The summed E-state index contributed by atoms with van der Waals surface area (Å²) in [6.07, 6.45) is 0. The van der Waals surface area contributed by atoms with Crippen LogP contribution in [-0.4, -0.2) is 12.6 Å². The van der Waals surface area contributed by atoms with E-state index >= 15 is 0 Å². The Labute approximate surface area is 126 Å². The van der Waals surface area contributed by atoms with Crippen molar-refractivity contribution in [3.05, 3.63) is 58.1 Å². The summed E-state index contributed by atoms with van der Waals surface area (Å²) < 4.78 is 11.5. The normalized spacial score (nSPS) is 10.2. The summed E-state index contributed by atoms with van der Waals surface area (Å²) in [5, 5.41) is 0. The van der Waals surface area contributed by atoms with Gasteiger partial charge < -0.3 is 9.47 Å². The Morgan fingerprint density at radius 1 is 1.05 bits per heavy atom. The van der Waals surface area contributed by atoms with E-state index in [4.69, 9.17) is 9.47 Å². The van der Waals surface area contributed by atoms with E-state index in [2.05, 4.69) is 15.9 Å². The van der Waals surface area contributed by atoms with E-state index in [0.717, 1.165) is 15.6 Å². The molecular formula is C16H15BrO3. The average Bonchev–Trinajstić information content (AvgIpc) is 2.41. The number of rotatable bonds is 4. The number of carbonyl (C=O) groups excluding carboxylic acids is 1. The largest absolute Gasteiger partial charge is 0.482 e. The summed E-state index contributed by atoms with van der Waals surface area (Å²) in [5.41, 5.74) is 2.25. The number of halogens is 1. The molecule has 3 nitrogen and oxygen atoms in total. The van der Waals surface area contributed by atoms with E-state index in [9.17, 15) is 4.79 Å². The van der Waals surface area contributed by atoms with Crippen LogP contribution >= 0.6 is 15.9 Å². The first-order valence-corrected chi connectivity index (χ1v) is 7.00. The monoisotopic (exact) mass is 334 g/mol. The highest BCUT2D eigenvalue weighted by Gasteiger charge is 2.07. The van der Waals surface area contributed by atoms with Gasteiger partial charge in [0.2, 0.25) is 0 Å². The molecule has 0 amide bonds. The molecule has 0 fully saturated rings. The van der Waals surface area contributed by atoms with Gasteiger partial charge in [-0.15, -0.1) is 0 Å². The zero-order chi connectivity index (χ0) is 14.5. The molecule has 0 bridgehead atoms. The highest BCUT2D eigenvalue weighted by atomic mass is 79.9. The van der Waals surface area contributed by atoms with Gasteiger partial charge in [0, 0.05) is 4.47 Å². The minimum absolute atomic E-state index is 0.122. The van der Waals surface area contributed by atoms with Crippen molar-refractivity contribution < 1.29 is 14.3 Å². The topological polar surface area (TPSA) is 35.5 Å². The van der Waals surface area contributed by atoms with E-state index in [0.29, 0.717) is 11.5 Å². The quantitative estimate of drug-likeness (QED) is 0.625. The molecule has 0 atom stereocenters. The maximum Gasteiger partial charge on any atom is 0.349 e. The van der Waals surface area contributed by atoms with Crippen LogP contribution < -0.4 is 9.47 Å². The molecule has 0 radical (unpaired) electrons. The maximum absolute atomic E-state index is 11.7. The molecular weight excluding hydrogens is 320 g/mol. The van der Waals surface area contributed by atoms with Crippen molar-refractivity contribution in [1.82, 2.24) is 0 Å². The van der Waals surface area contributed by atoms with E-state index < -0.39 is 5.97 Å². The SMILES string of the molecule is Cc1ccc(OC(=O)COc2cccc(Br)c2)cc1C. The minimum Gasteiger partial charge on any atom is -0.482 e. The Balaban J connectivity index is 1.91. The average molecular weight is 335 g/mol. The fourth-order valence-corrected chi connectivity index (χ4v) is 2.02. The first kappa shape index (κ1) is 14.6. The summed E-state index contributed by atoms with van der Waals surface area (Å²) >= 11 is 3.34. The summed E-state index contributed by atoms with van der Waals surface area (Å²) in [5.74, 6) is 0.737. The lowest BCUT2D eigenvalue weighted by Crippen LogP contribution is -2.17. The Kier molecular flexibility index (Phi) is 4.79. The van der Waals surface area contributed by atoms with Crippen molar-refractivity contribution in [1.29, 1.82) is 0 Å². The van der Waals surface area contributed by atoms with E-state index in [-0.39, 0.29) is 6.61 Å². The minimum atomic E-state index is -0.423. The molecule has 0 aliphatic heterocycles. The Morgan fingerprint density at radius 3 is 2.55 bits per heavy atom. The zero-order valence-corrected chi connectivity index (χ0v) is 12.9. The molecule has 0 saturated heterocycles. The van der Waals surface area contributed by atoms with Crippen LogP contribution in [0.3, 0.4) is 0 Å². The van der Waals surface area contributed by atoms with Gasteiger partial charge >= 0.3 is 5.97 Å². The molecule has 0 aliphatic carbocycles. The summed E-state index contributed by atoms with van der Waals surface area (Å²) in [6.45, 7) is 3.87. The van der Waals surface area contributed by atoms with Crippen LogP contribution in [0.1, 0.15) is 11.1 Å². The highest BCUT2D eigenvalue weighted by Crippen LogP contribution is 2.19. The Hall–Kier alpha value is -1.81. The van der Waals surface area contributed by atoms with Crippen LogP contribution in [0.5, 0.6) is 11.5 Å². The van der Waals surface area contributed by atoms with Crippen molar-refractivity contribution in [2.45, 2.75) is 13.8 Å². The molecule has 0 N–H and O–H groups in total. The molecule has 0 aliphatic rings. The van der Waals surface area contributed by atoms with Gasteiger partial charge in [-0.2, -0.15) is 0 Å². The van der Waals surface area contributed by atoms with Gasteiger partial charge in [0.1, 0.15) is 11.5 Å². The number of carbonyl (C=O) groups is 1. The van der Waals surface area contributed by atoms with Gasteiger partial charge in [0.15, 0.2) is 6.61 Å². The summed E-state index contributed by atoms with van der Waals surface area (Å²) in [7, 11) is 0. The fraction of sp³-hybridized carbons (Fsp3) is 0.188. The molecule has 2 rings (SSSR count). The third-order valence-electron chi connectivity index (χ3n) is 2.86. The number of hydrogen-bond acceptors (Lipinski definition) is 3. The molecule has 0 spiro atoms. The number of ether oxygens (including phenoxy) is 2. The van der Waals surface area contributed by atoms with Gasteiger partial charge in [-0.05, 0) is 55.3 Å². The Morgan fingerprint density at radius 2 is 1.85 bits per heavy atom. The van der Waals surface area contributed by atoms with Crippen LogP contribution in [-0.2, 0) is 4.79 Å². The van der Waals surface area contributed by atoms with E-state index in [1.165, 1.54) is 0 Å². The second-order valence-electron chi connectivity index (χ2n) is 4.47. The van der Waals surface area contributed by atoms with E-state index in [1.54, 1.807) is 18.2 Å². The molecule has 0 unspecified atom stereocenters. The molecule has 0 aromatic heterocycles. The first-order valence-electron chi connectivity index (χ1n) is 6.21. The van der Waals surface area contributed by atoms with E-state index in [1.807, 2.05) is 38.1 Å². The molecule has 0 saturated carbocycles. The number of aryl methyl sites for hydroxylation is 2. The number of benzene rings is 2. The van der Waals surface area contributed by atoms with Crippen LogP contribution in [0.25, 0.3) is 0 Å².